The molecule has 0 atom stereocenters. The van der Waals surface area contributed by atoms with Crippen LogP contribution in [0.5, 0.6) is 0 Å². The molecule has 3 aromatic rings. The first-order valence-electron chi connectivity index (χ1n) is 10.3. The number of carbonyl (C=O) groups excluding carboxylic acids is 2. The first-order valence-corrected chi connectivity index (χ1v) is 10.3. The zero-order valence-corrected chi connectivity index (χ0v) is 17.2. The van der Waals surface area contributed by atoms with Crippen molar-refractivity contribution in [1.29, 1.82) is 0 Å². The molecule has 1 aliphatic heterocycles. The zero-order chi connectivity index (χ0) is 21.8. The minimum atomic E-state index is -0.717. The Hall–Kier alpha value is -3.74. The van der Waals surface area contributed by atoms with E-state index in [1.54, 1.807) is 34.1 Å². The lowest BCUT2D eigenvalue weighted by atomic mass is 9.95. The second-order valence-corrected chi connectivity index (χ2v) is 7.71. The summed E-state index contributed by atoms with van der Waals surface area (Å²) in [5.74, 6) is -0.730. The molecule has 0 radical (unpaired) electrons. The summed E-state index contributed by atoms with van der Waals surface area (Å²) in [6, 6.07) is 13.5. The van der Waals surface area contributed by atoms with Crippen molar-refractivity contribution in [3.8, 4) is 0 Å². The van der Waals surface area contributed by atoms with Gasteiger partial charge in [-0.3, -0.25) is 19.4 Å². The Morgan fingerprint density at radius 3 is 2.55 bits per heavy atom. The lowest BCUT2D eigenvalue weighted by Crippen LogP contribution is -2.41. The van der Waals surface area contributed by atoms with Gasteiger partial charge in [-0.15, -0.1) is 0 Å². The maximum Gasteiger partial charge on any atom is 0.263 e. The second-order valence-electron chi connectivity index (χ2n) is 7.71. The molecule has 1 aromatic carbocycles. The molecule has 7 heteroatoms. The molecule has 4 rings (SSSR count). The van der Waals surface area contributed by atoms with Crippen molar-refractivity contribution in [2.45, 2.75) is 32.4 Å². The highest BCUT2D eigenvalue weighted by molar-refractivity contribution is 5.94. The summed E-state index contributed by atoms with van der Waals surface area (Å²) in [5, 5.41) is 0. The minimum Gasteiger partial charge on any atom is -0.365 e. The number of aromatic nitrogens is 2. The summed E-state index contributed by atoms with van der Waals surface area (Å²) in [7, 11) is 0. The predicted octanol–water partition coefficient (Wildman–Crippen LogP) is 1.71. The van der Waals surface area contributed by atoms with E-state index < -0.39 is 5.91 Å². The average molecular weight is 416 g/mol. The zero-order valence-electron chi connectivity index (χ0n) is 17.2. The van der Waals surface area contributed by atoms with Crippen LogP contribution in [0.3, 0.4) is 0 Å². The fraction of sp³-hybridized carbons (Fsp3) is 0.250. The number of nitrogens with zero attached hydrogens (tertiary/aromatic N) is 3. The Labute approximate surface area is 180 Å². The normalized spacial score (nSPS) is 13.0. The van der Waals surface area contributed by atoms with E-state index in [1.165, 1.54) is 0 Å². The molecule has 0 bridgehead atoms. The van der Waals surface area contributed by atoms with Crippen LogP contribution in [0.15, 0.2) is 65.8 Å². The van der Waals surface area contributed by atoms with Gasteiger partial charge in [-0.25, -0.2) is 0 Å². The number of aryl methyl sites for hydroxylation is 2. The van der Waals surface area contributed by atoms with Gasteiger partial charge in [0.05, 0.1) is 6.42 Å². The third-order valence-corrected chi connectivity index (χ3v) is 5.63. The van der Waals surface area contributed by atoms with Gasteiger partial charge in [0.2, 0.25) is 5.91 Å². The van der Waals surface area contributed by atoms with Gasteiger partial charge in [-0.05, 0) is 41.2 Å². The Morgan fingerprint density at radius 1 is 1.06 bits per heavy atom. The summed E-state index contributed by atoms with van der Waals surface area (Å²) in [5.41, 5.74) is 8.67. The van der Waals surface area contributed by atoms with Gasteiger partial charge >= 0.3 is 0 Å². The number of amides is 2. The topological polar surface area (TPSA) is 98.3 Å². The first-order chi connectivity index (χ1) is 15.0. The maximum absolute atomic E-state index is 12.9. The van der Waals surface area contributed by atoms with Crippen LogP contribution < -0.4 is 11.3 Å². The second kappa shape index (κ2) is 8.95. The quantitative estimate of drug-likeness (QED) is 0.661. The summed E-state index contributed by atoms with van der Waals surface area (Å²) in [6.45, 7) is 1.22. The molecule has 1 aliphatic rings. The Morgan fingerprint density at radius 2 is 1.84 bits per heavy atom. The van der Waals surface area contributed by atoms with Crippen LogP contribution >= 0.6 is 0 Å². The van der Waals surface area contributed by atoms with E-state index in [4.69, 9.17) is 5.73 Å². The number of rotatable bonds is 6. The predicted molar refractivity (Wildman–Crippen MR) is 116 cm³/mol. The lowest BCUT2D eigenvalue weighted by Gasteiger charge is -2.30. The molecule has 0 fully saturated rings. The van der Waals surface area contributed by atoms with Gasteiger partial charge in [0.1, 0.15) is 5.56 Å². The molecule has 3 heterocycles. The summed E-state index contributed by atoms with van der Waals surface area (Å²) >= 11 is 0. The van der Waals surface area contributed by atoms with Gasteiger partial charge in [0.15, 0.2) is 0 Å². The van der Waals surface area contributed by atoms with Crippen molar-refractivity contribution in [2.24, 2.45) is 5.73 Å². The number of pyridine rings is 2. The number of hydrogen-bond donors (Lipinski definition) is 1. The van der Waals surface area contributed by atoms with Crippen molar-refractivity contribution < 1.29 is 9.59 Å². The van der Waals surface area contributed by atoms with Crippen LogP contribution in [-0.2, 0) is 37.1 Å². The Balaban J connectivity index is 1.59. The summed E-state index contributed by atoms with van der Waals surface area (Å²) in [6.07, 6.45) is 6.48. The van der Waals surface area contributed by atoms with Crippen molar-refractivity contribution in [1.82, 2.24) is 14.5 Å². The van der Waals surface area contributed by atoms with Crippen LogP contribution in [0.25, 0.3) is 0 Å². The van der Waals surface area contributed by atoms with Crippen molar-refractivity contribution in [3.63, 3.8) is 0 Å². The smallest absolute Gasteiger partial charge is 0.263 e. The van der Waals surface area contributed by atoms with E-state index in [0.29, 0.717) is 38.0 Å². The first kappa shape index (κ1) is 20.5. The molecule has 2 amide bonds. The monoisotopic (exact) mass is 416 g/mol. The van der Waals surface area contributed by atoms with E-state index in [2.05, 4.69) is 4.98 Å². The third-order valence-electron chi connectivity index (χ3n) is 5.63. The molecule has 31 heavy (non-hydrogen) atoms. The van der Waals surface area contributed by atoms with Crippen molar-refractivity contribution in [3.05, 3.63) is 99.2 Å². The van der Waals surface area contributed by atoms with E-state index in [0.717, 1.165) is 16.7 Å². The molecule has 2 aromatic heterocycles. The molecule has 0 saturated heterocycles. The number of benzene rings is 1. The number of fused-ring (bicyclic) bond motifs is 1. The van der Waals surface area contributed by atoms with Gasteiger partial charge in [0, 0.05) is 38.2 Å². The van der Waals surface area contributed by atoms with Gasteiger partial charge in [0.25, 0.3) is 11.5 Å². The molecule has 158 valence electrons. The van der Waals surface area contributed by atoms with Gasteiger partial charge in [-0.1, -0.05) is 36.4 Å². The lowest BCUT2D eigenvalue weighted by molar-refractivity contribution is -0.131. The maximum atomic E-state index is 12.9. The van der Waals surface area contributed by atoms with Crippen LogP contribution in [0, 0.1) is 0 Å². The Bertz CT molecular complexity index is 1160. The molecular weight excluding hydrogens is 392 g/mol. The minimum absolute atomic E-state index is 0.0127. The van der Waals surface area contributed by atoms with Crippen LogP contribution in [0.1, 0.15) is 32.6 Å². The fourth-order valence-electron chi connectivity index (χ4n) is 4.03. The van der Waals surface area contributed by atoms with Crippen LogP contribution in [0.4, 0.5) is 0 Å². The summed E-state index contributed by atoms with van der Waals surface area (Å²) in [4.78, 5) is 43.6. The van der Waals surface area contributed by atoms with E-state index in [9.17, 15) is 14.4 Å². The van der Waals surface area contributed by atoms with E-state index in [-0.39, 0.29) is 23.5 Å². The van der Waals surface area contributed by atoms with Crippen molar-refractivity contribution >= 4 is 11.8 Å². The largest absolute Gasteiger partial charge is 0.365 e. The van der Waals surface area contributed by atoms with E-state index >= 15 is 0 Å². The highest BCUT2D eigenvalue weighted by atomic mass is 16.2. The molecule has 0 unspecified atom stereocenters. The molecule has 7 nitrogen and oxygen atoms in total. The molecule has 0 spiro atoms. The summed E-state index contributed by atoms with van der Waals surface area (Å²) < 4.78 is 1.54. The fourth-order valence-corrected chi connectivity index (χ4v) is 4.03. The number of primary amides is 1. The molecule has 2 N–H and O–H groups in total. The van der Waals surface area contributed by atoms with Crippen LogP contribution in [0.2, 0.25) is 0 Å². The van der Waals surface area contributed by atoms with Crippen LogP contribution in [-0.4, -0.2) is 32.8 Å². The molecular formula is C24H24N4O3. The highest BCUT2D eigenvalue weighted by Crippen LogP contribution is 2.21. The van der Waals surface area contributed by atoms with Crippen molar-refractivity contribution in [2.75, 3.05) is 6.54 Å². The Kier molecular flexibility index (Phi) is 5.93. The third kappa shape index (κ3) is 4.55. The standard InChI is InChI=1S/C24H24N4O3/c25-23(30)22-20-9-12-27(21(29)13-18-7-4-10-26-14-18)15-19(20)16-28(24(22)31)11-8-17-5-2-1-3-6-17/h1-7,10,14,16H,8-9,11-13,15H2,(H2,25,30). The molecule has 0 saturated carbocycles. The van der Waals surface area contributed by atoms with Gasteiger partial charge < -0.3 is 15.2 Å². The highest BCUT2D eigenvalue weighted by Gasteiger charge is 2.27. The van der Waals surface area contributed by atoms with E-state index in [1.807, 2.05) is 36.4 Å². The van der Waals surface area contributed by atoms with Gasteiger partial charge in [-0.2, -0.15) is 0 Å². The SMILES string of the molecule is NC(=O)c1c2c(cn(CCc3ccccc3)c1=O)CN(C(=O)Cc1cccnc1)CC2. The number of nitrogens with two attached hydrogens (primary N) is 1. The number of carbonyl (C=O) groups is 2. The average Bonchev–Trinajstić information content (AvgIpc) is 2.78. The molecule has 0 aliphatic carbocycles. The number of hydrogen-bond acceptors (Lipinski definition) is 4.